The highest BCUT2D eigenvalue weighted by Gasteiger charge is 2.37. The lowest BCUT2D eigenvalue weighted by Gasteiger charge is -2.29. The van der Waals surface area contributed by atoms with Crippen LogP contribution in [-0.4, -0.2) is 29.4 Å². The first-order chi connectivity index (χ1) is 18.8. The van der Waals surface area contributed by atoms with Crippen LogP contribution < -0.4 is 4.74 Å². The van der Waals surface area contributed by atoms with Crippen molar-refractivity contribution in [1.29, 1.82) is 0 Å². The Balaban J connectivity index is 1.50. The van der Waals surface area contributed by atoms with Crippen LogP contribution in [0.3, 0.4) is 0 Å². The molecule has 4 heterocycles. The van der Waals surface area contributed by atoms with E-state index in [1.165, 1.54) is 0 Å². The van der Waals surface area contributed by atoms with Crippen molar-refractivity contribution in [1.82, 2.24) is 29.4 Å². The van der Waals surface area contributed by atoms with Crippen molar-refractivity contribution in [2.75, 3.05) is 0 Å². The van der Waals surface area contributed by atoms with Gasteiger partial charge in [0, 0.05) is 22.9 Å². The number of aromatic nitrogens is 6. The zero-order valence-corrected chi connectivity index (χ0v) is 20.1. The molecule has 0 aliphatic carbocycles. The molecule has 0 amide bonds. The Kier molecular flexibility index (Phi) is 4.45. The highest BCUT2D eigenvalue weighted by Crippen LogP contribution is 2.51. The van der Waals surface area contributed by atoms with Gasteiger partial charge < -0.3 is 4.74 Å². The number of benzene rings is 4. The molecule has 1 aliphatic heterocycles. The fraction of sp³-hybridized carbons (Fsp3) is 0.0323. The predicted molar refractivity (Wildman–Crippen MR) is 145 cm³/mol. The Labute approximate surface area is 217 Å². The van der Waals surface area contributed by atoms with E-state index in [1.54, 1.807) is 17.2 Å². The highest BCUT2D eigenvalue weighted by atomic mass is 16.5. The molecule has 0 radical (unpaired) electrons. The molecular formula is C31H20N6O. The number of para-hydroxylation sites is 1. The molecule has 7 aromatic rings. The Morgan fingerprint density at radius 1 is 0.737 bits per heavy atom. The van der Waals surface area contributed by atoms with Gasteiger partial charge in [0.2, 0.25) is 5.88 Å². The summed E-state index contributed by atoms with van der Waals surface area (Å²) < 4.78 is 10.1. The van der Waals surface area contributed by atoms with E-state index < -0.39 is 0 Å². The lowest BCUT2D eigenvalue weighted by Crippen LogP contribution is -2.15. The van der Waals surface area contributed by atoms with Gasteiger partial charge in [0.15, 0.2) is 5.65 Å². The first-order valence-corrected chi connectivity index (χ1v) is 12.4. The number of hydrogen-bond acceptors (Lipinski definition) is 5. The summed E-state index contributed by atoms with van der Waals surface area (Å²) in [5, 5.41) is 11.8. The van der Waals surface area contributed by atoms with Crippen molar-refractivity contribution < 1.29 is 4.74 Å². The van der Waals surface area contributed by atoms with Crippen LogP contribution in [0.15, 0.2) is 116 Å². The van der Waals surface area contributed by atoms with Gasteiger partial charge >= 0.3 is 0 Å². The highest BCUT2D eigenvalue weighted by molar-refractivity contribution is 5.91. The van der Waals surface area contributed by atoms with Crippen molar-refractivity contribution in [3.63, 3.8) is 0 Å². The summed E-state index contributed by atoms with van der Waals surface area (Å²) in [6, 6.07) is 33.0. The molecule has 0 N–H and O–H groups in total. The largest absolute Gasteiger partial charge is 0.438 e. The normalized spacial score (nSPS) is 14.3. The minimum absolute atomic E-state index is 0.243. The van der Waals surface area contributed by atoms with Crippen LogP contribution >= 0.6 is 0 Å². The van der Waals surface area contributed by atoms with Gasteiger partial charge in [0.1, 0.15) is 18.4 Å². The molecule has 38 heavy (non-hydrogen) atoms. The second-order valence-electron chi connectivity index (χ2n) is 9.30. The van der Waals surface area contributed by atoms with E-state index in [1.807, 2.05) is 47.1 Å². The van der Waals surface area contributed by atoms with Gasteiger partial charge in [-0.2, -0.15) is 10.2 Å². The Morgan fingerprint density at radius 3 is 2.39 bits per heavy atom. The zero-order valence-electron chi connectivity index (χ0n) is 20.1. The number of fused-ring (bicyclic) bond motifs is 6. The molecule has 0 spiro atoms. The van der Waals surface area contributed by atoms with E-state index in [2.05, 4.69) is 75.9 Å². The van der Waals surface area contributed by atoms with E-state index in [4.69, 9.17) is 9.84 Å². The van der Waals surface area contributed by atoms with Crippen LogP contribution in [0.5, 0.6) is 11.6 Å². The summed E-state index contributed by atoms with van der Waals surface area (Å²) in [4.78, 5) is 9.29. The maximum absolute atomic E-state index is 6.43. The Hall–Kier alpha value is -5.30. The van der Waals surface area contributed by atoms with Gasteiger partial charge in [-0.1, -0.05) is 78.9 Å². The predicted octanol–water partition coefficient (Wildman–Crippen LogP) is 6.42. The first-order valence-electron chi connectivity index (χ1n) is 12.4. The Morgan fingerprint density at radius 2 is 1.53 bits per heavy atom. The summed E-state index contributed by atoms with van der Waals surface area (Å²) in [5.41, 5.74) is 6.61. The summed E-state index contributed by atoms with van der Waals surface area (Å²) in [6.45, 7) is 0. The molecule has 3 aromatic heterocycles. The van der Waals surface area contributed by atoms with Gasteiger partial charge in [0.25, 0.3) is 0 Å². The minimum atomic E-state index is -0.243. The summed E-state index contributed by atoms with van der Waals surface area (Å²) in [6.07, 6.45) is 5.33. The van der Waals surface area contributed by atoms with Crippen molar-refractivity contribution >= 4 is 16.4 Å². The average Bonchev–Trinajstić information content (AvgIpc) is 3.65. The SMILES string of the molecule is c1ccc(-c2nn(-c3ccccc3)cc2C2c3c(ccc4ccccc34)Oc3ncn4ncnc4c32)cc1. The maximum Gasteiger partial charge on any atom is 0.228 e. The summed E-state index contributed by atoms with van der Waals surface area (Å²) in [5.74, 6) is 1.07. The van der Waals surface area contributed by atoms with Gasteiger partial charge in [-0.15, -0.1) is 0 Å². The molecule has 180 valence electrons. The molecule has 1 aliphatic rings. The molecule has 0 saturated heterocycles. The second-order valence-corrected chi connectivity index (χ2v) is 9.30. The third kappa shape index (κ3) is 3.08. The zero-order chi connectivity index (χ0) is 25.1. The van der Waals surface area contributed by atoms with Crippen LogP contribution in [0.4, 0.5) is 0 Å². The molecule has 1 atom stereocenters. The fourth-order valence-corrected chi connectivity index (χ4v) is 5.49. The van der Waals surface area contributed by atoms with Gasteiger partial charge in [-0.05, 0) is 29.0 Å². The van der Waals surface area contributed by atoms with E-state index in [-0.39, 0.29) is 5.92 Å². The summed E-state index contributed by atoms with van der Waals surface area (Å²) in [7, 11) is 0. The molecule has 0 bridgehead atoms. The van der Waals surface area contributed by atoms with Gasteiger partial charge in [-0.25, -0.2) is 19.2 Å². The van der Waals surface area contributed by atoms with Crippen molar-refractivity contribution in [2.45, 2.75) is 5.92 Å². The van der Waals surface area contributed by atoms with Crippen LogP contribution in [0.1, 0.15) is 22.6 Å². The lowest BCUT2D eigenvalue weighted by molar-refractivity contribution is 0.433. The number of hydrogen-bond donors (Lipinski definition) is 0. The minimum Gasteiger partial charge on any atom is -0.438 e. The fourth-order valence-electron chi connectivity index (χ4n) is 5.49. The monoisotopic (exact) mass is 492 g/mol. The van der Waals surface area contributed by atoms with Crippen molar-refractivity contribution in [3.8, 4) is 28.6 Å². The number of ether oxygens (including phenoxy) is 1. The standard InChI is InChI=1S/C31H20N6O/c1-3-10-21(11-4-1)29-24(17-36(35-29)22-12-5-2-6-13-22)27-26-23-14-8-7-9-20(23)15-16-25(26)38-31-28(27)30-32-18-34-37(30)19-33-31/h1-19,27H. The van der Waals surface area contributed by atoms with Gasteiger partial charge in [-0.3, -0.25) is 0 Å². The number of nitrogens with zero attached hydrogens (tertiary/aromatic N) is 6. The van der Waals surface area contributed by atoms with Crippen LogP contribution in [0.2, 0.25) is 0 Å². The van der Waals surface area contributed by atoms with E-state index in [0.717, 1.165) is 50.2 Å². The van der Waals surface area contributed by atoms with Crippen LogP contribution in [0.25, 0.3) is 33.4 Å². The van der Waals surface area contributed by atoms with E-state index in [9.17, 15) is 0 Å². The second kappa shape index (κ2) is 8.11. The van der Waals surface area contributed by atoms with Crippen LogP contribution in [-0.2, 0) is 0 Å². The molecular weight excluding hydrogens is 472 g/mol. The summed E-state index contributed by atoms with van der Waals surface area (Å²) >= 11 is 0. The molecule has 4 aromatic carbocycles. The smallest absolute Gasteiger partial charge is 0.228 e. The van der Waals surface area contributed by atoms with Gasteiger partial charge in [0.05, 0.1) is 22.9 Å². The third-order valence-electron chi connectivity index (χ3n) is 7.16. The third-order valence-corrected chi connectivity index (χ3v) is 7.16. The topological polar surface area (TPSA) is 70.1 Å². The first kappa shape index (κ1) is 20.8. The molecule has 8 rings (SSSR count). The van der Waals surface area contributed by atoms with E-state index >= 15 is 0 Å². The van der Waals surface area contributed by atoms with E-state index in [0.29, 0.717) is 11.5 Å². The Bertz CT molecular complexity index is 1960. The maximum atomic E-state index is 6.43. The molecule has 0 saturated carbocycles. The van der Waals surface area contributed by atoms with Crippen molar-refractivity contribution in [2.24, 2.45) is 0 Å². The molecule has 7 nitrogen and oxygen atoms in total. The van der Waals surface area contributed by atoms with Crippen LogP contribution in [0, 0.1) is 0 Å². The number of rotatable bonds is 3. The molecule has 7 heteroatoms. The quantitative estimate of drug-likeness (QED) is 0.285. The lowest BCUT2D eigenvalue weighted by atomic mass is 9.81. The average molecular weight is 493 g/mol. The molecule has 0 fully saturated rings. The molecule has 1 unspecified atom stereocenters. The van der Waals surface area contributed by atoms with Crippen molar-refractivity contribution in [3.05, 3.63) is 133 Å².